The van der Waals surface area contributed by atoms with E-state index in [0.717, 1.165) is 17.9 Å². The third-order valence-corrected chi connectivity index (χ3v) is 3.55. The normalized spacial score (nSPS) is 10.5. The number of methoxy groups -OCH3 is 1. The molecule has 0 aromatic heterocycles. The van der Waals surface area contributed by atoms with Crippen LogP contribution in [-0.2, 0) is 16.1 Å². The Balaban J connectivity index is 0.00000312. The highest BCUT2D eigenvalue weighted by Crippen LogP contribution is 2.18. The summed E-state index contributed by atoms with van der Waals surface area (Å²) in [6.45, 7) is 1.87. The second kappa shape index (κ2) is 11.3. The molecule has 0 atom stereocenters. The molecule has 0 aliphatic heterocycles. The molecule has 0 aliphatic carbocycles. The Morgan fingerprint density at radius 2 is 1.76 bits per heavy atom. The molecule has 0 saturated carbocycles. The number of rotatable bonds is 8. The molecular weight excluding hydrogens is 338 g/mol. The Hall–Kier alpha value is -2.30. The molecule has 0 amide bonds. The van der Waals surface area contributed by atoms with E-state index in [-0.39, 0.29) is 18.4 Å². The first kappa shape index (κ1) is 20.7. The van der Waals surface area contributed by atoms with E-state index in [1.165, 1.54) is 11.6 Å². The molecule has 2 rings (SSSR count). The first-order valence-electron chi connectivity index (χ1n) is 7.89. The van der Waals surface area contributed by atoms with Gasteiger partial charge in [-0.15, -0.1) is 12.4 Å². The fraction of sp³-hybridized carbons (Fsp3) is 0.250. The smallest absolute Gasteiger partial charge is 0.330 e. The van der Waals surface area contributed by atoms with Crippen LogP contribution in [-0.4, -0.2) is 38.2 Å². The van der Waals surface area contributed by atoms with Crippen LogP contribution in [0.2, 0.25) is 0 Å². The van der Waals surface area contributed by atoms with E-state index in [2.05, 4.69) is 17.0 Å². The van der Waals surface area contributed by atoms with E-state index < -0.39 is 0 Å². The van der Waals surface area contributed by atoms with Crippen LogP contribution in [0.3, 0.4) is 0 Å². The molecule has 2 aromatic carbocycles. The Kier molecular flexibility index (Phi) is 9.37. The highest BCUT2D eigenvalue weighted by atomic mass is 35.5. The Bertz CT molecular complexity index is 674. The molecule has 25 heavy (non-hydrogen) atoms. The molecule has 0 N–H and O–H groups in total. The van der Waals surface area contributed by atoms with E-state index >= 15 is 0 Å². The van der Waals surface area contributed by atoms with Gasteiger partial charge in [0.2, 0.25) is 0 Å². The van der Waals surface area contributed by atoms with Crippen LogP contribution in [0.15, 0.2) is 60.7 Å². The number of hydrogen-bond acceptors (Lipinski definition) is 4. The highest BCUT2D eigenvalue weighted by Gasteiger charge is 2.03. The van der Waals surface area contributed by atoms with Crippen LogP contribution in [0.25, 0.3) is 6.08 Å². The Labute approximate surface area is 155 Å². The van der Waals surface area contributed by atoms with E-state index in [1.54, 1.807) is 13.2 Å². The van der Waals surface area contributed by atoms with Crippen molar-refractivity contribution in [2.45, 2.75) is 6.54 Å². The number of halogens is 1. The van der Waals surface area contributed by atoms with Gasteiger partial charge in [-0.1, -0.05) is 48.5 Å². The van der Waals surface area contributed by atoms with E-state index in [1.807, 2.05) is 49.5 Å². The van der Waals surface area contributed by atoms with Crippen molar-refractivity contribution in [2.24, 2.45) is 0 Å². The lowest BCUT2D eigenvalue weighted by Gasteiger charge is -2.16. The summed E-state index contributed by atoms with van der Waals surface area (Å²) >= 11 is 0. The summed E-state index contributed by atoms with van der Waals surface area (Å²) in [6, 6.07) is 17.7. The second-order valence-electron chi connectivity index (χ2n) is 5.47. The predicted octanol–water partition coefficient (Wildman–Crippen LogP) is 3.81. The van der Waals surface area contributed by atoms with Gasteiger partial charge in [-0.25, -0.2) is 4.79 Å². The molecule has 4 nitrogen and oxygen atoms in total. The fourth-order valence-corrected chi connectivity index (χ4v) is 2.29. The van der Waals surface area contributed by atoms with Gasteiger partial charge in [0.25, 0.3) is 0 Å². The lowest BCUT2D eigenvalue weighted by atomic mass is 10.2. The summed E-state index contributed by atoms with van der Waals surface area (Å²) in [6.07, 6.45) is 3.13. The molecule has 134 valence electrons. The van der Waals surface area contributed by atoms with Crippen molar-refractivity contribution in [2.75, 3.05) is 27.3 Å². The first-order valence-corrected chi connectivity index (χ1v) is 7.89. The maximum atomic E-state index is 11.8. The van der Waals surface area contributed by atoms with Gasteiger partial charge in [0, 0.05) is 24.7 Å². The fourth-order valence-electron chi connectivity index (χ4n) is 2.29. The third kappa shape index (κ3) is 7.42. The van der Waals surface area contributed by atoms with Crippen LogP contribution in [0.5, 0.6) is 5.75 Å². The van der Waals surface area contributed by atoms with Gasteiger partial charge in [0.05, 0.1) is 7.11 Å². The van der Waals surface area contributed by atoms with Crippen LogP contribution < -0.4 is 4.74 Å². The van der Waals surface area contributed by atoms with Crippen LogP contribution in [0.1, 0.15) is 11.1 Å². The van der Waals surface area contributed by atoms with E-state index in [4.69, 9.17) is 9.47 Å². The number of ether oxygens (including phenoxy) is 2. The van der Waals surface area contributed by atoms with Crippen molar-refractivity contribution in [1.82, 2.24) is 4.90 Å². The molecule has 0 heterocycles. The lowest BCUT2D eigenvalue weighted by Crippen LogP contribution is -2.23. The average molecular weight is 362 g/mol. The summed E-state index contributed by atoms with van der Waals surface area (Å²) < 4.78 is 10.5. The number of benzene rings is 2. The van der Waals surface area contributed by atoms with Gasteiger partial charge >= 0.3 is 5.97 Å². The minimum atomic E-state index is -0.353. The zero-order valence-corrected chi connectivity index (χ0v) is 15.4. The van der Waals surface area contributed by atoms with Crippen LogP contribution >= 0.6 is 12.4 Å². The monoisotopic (exact) mass is 361 g/mol. The highest BCUT2D eigenvalue weighted by molar-refractivity contribution is 5.87. The molecule has 5 heteroatoms. The molecule has 2 aromatic rings. The topological polar surface area (TPSA) is 38.8 Å². The van der Waals surface area contributed by atoms with Gasteiger partial charge in [-0.3, -0.25) is 4.90 Å². The average Bonchev–Trinajstić information content (AvgIpc) is 2.61. The summed E-state index contributed by atoms with van der Waals surface area (Å²) in [5.41, 5.74) is 2.08. The minimum absolute atomic E-state index is 0. The van der Waals surface area contributed by atoms with Crippen molar-refractivity contribution in [3.63, 3.8) is 0 Å². The maximum Gasteiger partial charge on any atom is 0.330 e. The van der Waals surface area contributed by atoms with Crippen LogP contribution in [0.4, 0.5) is 0 Å². The van der Waals surface area contributed by atoms with Crippen molar-refractivity contribution in [3.05, 3.63) is 71.8 Å². The molecule has 0 unspecified atom stereocenters. The van der Waals surface area contributed by atoms with E-state index in [0.29, 0.717) is 13.2 Å². The molecular formula is C20H24ClNO3. The van der Waals surface area contributed by atoms with Crippen molar-refractivity contribution in [1.29, 1.82) is 0 Å². The largest absolute Gasteiger partial charge is 0.496 e. The van der Waals surface area contributed by atoms with Crippen molar-refractivity contribution in [3.8, 4) is 5.75 Å². The van der Waals surface area contributed by atoms with E-state index in [9.17, 15) is 4.79 Å². The zero-order valence-electron chi connectivity index (χ0n) is 14.6. The number of nitrogens with zero attached hydrogens (tertiary/aromatic N) is 1. The number of carbonyl (C=O) groups is 1. The zero-order chi connectivity index (χ0) is 17.2. The van der Waals surface area contributed by atoms with Gasteiger partial charge in [-0.2, -0.15) is 0 Å². The number of hydrogen-bond donors (Lipinski definition) is 0. The van der Waals surface area contributed by atoms with Gasteiger partial charge in [0.1, 0.15) is 12.4 Å². The minimum Gasteiger partial charge on any atom is -0.496 e. The molecule has 0 fully saturated rings. The predicted molar refractivity (Wildman–Crippen MR) is 103 cm³/mol. The number of likely N-dealkylation sites (N-methyl/N-ethyl adjacent to an activating group) is 1. The van der Waals surface area contributed by atoms with Crippen LogP contribution in [0, 0.1) is 0 Å². The maximum absolute atomic E-state index is 11.8. The molecule has 0 aliphatic rings. The molecule has 0 saturated heterocycles. The standard InChI is InChI=1S/C20H23NO3.ClH/c1-21(16-17-8-4-3-5-9-17)14-15-24-20(22)13-12-18-10-6-7-11-19(18)23-2;/h3-13H,14-16H2,1-2H3;1H/b13-12+;. The van der Waals surface area contributed by atoms with Gasteiger partial charge < -0.3 is 9.47 Å². The molecule has 0 bridgehead atoms. The quantitative estimate of drug-likeness (QED) is 0.529. The summed E-state index contributed by atoms with van der Waals surface area (Å²) in [5.74, 6) is 0.373. The second-order valence-corrected chi connectivity index (χ2v) is 5.47. The number of carbonyl (C=O) groups excluding carboxylic acids is 1. The summed E-state index contributed by atoms with van der Waals surface area (Å²) in [7, 11) is 3.61. The lowest BCUT2D eigenvalue weighted by molar-refractivity contribution is -0.138. The van der Waals surface area contributed by atoms with Crippen molar-refractivity contribution < 1.29 is 14.3 Å². The summed E-state index contributed by atoms with van der Waals surface area (Å²) in [5, 5.41) is 0. The molecule has 0 spiro atoms. The molecule has 0 radical (unpaired) electrons. The van der Waals surface area contributed by atoms with Crippen molar-refractivity contribution >= 4 is 24.5 Å². The SMILES string of the molecule is COc1ccccc1/C=C/C(=O)OCCN(C)Cc1ccccc1.Cl. The number of esters is 1. The Morgan fingerprint density at radius 3 is 2.48 bits per heavy atom. The summed E-state index contributed by atoms with van der Waals surface area (Å²) in [4.78, 5) is 13.9. The van der Waals surface area contributed by atoms with Gasteiger partial charge in [-0.05, 0) is 24.8 Å². The first-order chi connectivity index (χ1) is 11.7. The van der Waals surface area contributed by atoms with Gasteiger partial charge in [0.15, 0.2) is 0 Å². The number of para-hydroxylation sites is 1. The Morgan fingerprint density at radius 1 is 1.08 bits per heavy atom. The third-order valence-electron chi connectivity index (χ3n) is 3.55.